The molecule has 1 N–H and O–H groups in total. The van der Waals surface area contributed by atoms with Gasteiger partial charge in [-0.3, -0.25) is 9.59 Å². The molecule has 1 saturated carbocycles. The maximum Gasteiger partial charge on any atom is 0.271 e. The molecule has 1 saturated heterocycles. The van der Waals surface area contributed by atoms with E-state index in [1.165, 1.54) is 17.7 Å². The van der Waals surface area contributed by atoms with Crippen molar-refractivity contribution in [2.45, 2.75) is 19.3 Å². The second-order valence-corrected chi connectivity index (χ2v) is 7.67. The van der Waals surface area contributed by atoms with Crippen molar-refractivity contribution < 1.29 is 18.4 Å². The van der Waals surface area contributed by atoms with Crippen molar-refractivity contribution in [3.8, 4) is 0 Å². The Morgan fingerprint density at radius 1 is 1.03 bits per heavy atom. The predicted molar refractivity (Wildman–Crippen MR) is 106 cm³/mol. The molecule has 30 heavy (non-hydrogen) atoms. The molecule has 0 spiro atoms. The van der Waals surface area contributed by atoms with Crippen LogP contribution >= 0.6 is 0 Å². The van der Waals surface area contributed by atoms with Gasteiger partial charge in [-0.15, -0.1) is 10.2 Å². The number of hydrogen-bond donors (Lipinski definition) is 1. The van der Waals surface area contributed by atoms with Gasteiger partial charge in [-0.1, -0.05) is 12.8 Å². The zero-order valence-electron chi connectivity index (χ0n) is 16.5. The van der Waals surface area contributed by atoms with Crippen LogP contribution in [0.3, 0.4) is 0 Å². The standard InChI is InChI=1S/C21H23F2N5O2/c22-15-3-4-17(23)16(13-15)21(30)28-11-9-27(10-12-28)19-6-5-18(25-26-19)20(29)24-8-7-14-1-2-14/h3-6,13-14H,1-2,7-12H2,(H,24,29). The van der Waals surface area contributed by atoms with Crippen LogP contribution < -0.4 is 10.2 Å². The highest BCUT2D eigenvalue weighted by atomic mass is 19.1. The third-order valence-corrected chi connectivity index (χ3v) is 5.47. The summed E-state index contributed by atoms with van der Waals surface area (Å²) in [7, 11) is 0. The van der Waals surface area contributed by atoms with Crippen LogP contribution in [0.25, 0.3) is 0 Å². The van der Waals surface area contributed by atoms with Crippen molar-refractivity contribution in [3.63, 3.8) is 0 Å². The van der Waals surface area contributed by atoms with Gasteiger partial charge in [0.1, 0.15) is 11.6 Å². The quantitative estimate of drug-likeness (QED) is 0.783. The minimum Gasteiger partial charge on any atom is -0.352 e. The van der Waals surface area contributed by atoms with E-state index in [1.54, 1.807) is 12.1 Å². The van der Waals surface area contributed by atoms with Crippen molar-refractivity contribution in [2.24, 2.45) is 5.92 Å². The number of piperazine rings is 1. The average Bonchev–Trinajstić information content (AvgIpc) is 3.59. The number of carbonyl (C=O) groups is 2. The number of aromatic nitrogens is 2. The van der Waals surface area contributed by atoms with Gasteiger partial charge in [0.25, 0.3) is 11.8 Å². The normalized spacial score (nSPS) is 16.5. The Hall–Kier alpha value is -3.10. The van der Waals surface area contributed by atoms with Crippen molar-refractivity contribution in [3.05, 3.63) is 53.2 Å². The van der Waals surface area contributed by atoms with Crippen molar-refractivity contribution >= 4 is 17.6 Å². The van der Waals surface area contributed by atoms with E-state index >= 15 is 0 Å². The molecule has 2 aliphatic rings. The minimum absolute atomic E-state index is 0.234. The fourth-order valence-corrected chi connectivity index (χ4v) is 3.47. The van der Waals surface area contributed by atoms with Crippen molar-refractivity contribution in [1.29, 1.82) is 0 Å². The summed E-state index contributed by atoms with van der Waals surface area (Å²) in [5, 5.41) is 11.0. The van der Waals surface area contributed by atoms with Gasteiger partial charge in [-0.2, -0.15) is 0 Å². The number of carbonyl (C=O) groups excluding carboxylic acids is 2. The van der Waals surface area contributed by atoms with E-state index in [9.17, 15) is 18.4 Å². The molecule has 1 aromatic heterocycles. The summed E-state index contributed by atoms with van der Waals surface area (Å²) in [6.07, 6.45) is 3.50. The van der Waals surface area contributed by atoms with Gasteiger partial charge in [0, 0.05) is 32.7 Å². The van der Waals surface area contributed by atoms with Gasteiger partial charge in [0.15, 0.2) is 11.5 Å². The molecule has 0 radical (unpaired) electrons. The summed E-state index contributed by atoms with van der Waals surface area (Å²) in [4.78, 5) is 28.0. The lowest BCUT2D eigenvalue weighted by Crippen LogP contribution is -2.49. The topological polar surface area (TPSA) is 78.4 Å². The number of nitrogens with zero attached hydrogens (tertiary/aromatic N) is 4. The summed E-state index contributed by atoms with van der Waals surface area (Å²) in [6, 6.07) is 6.22. The van der Waals surface area contributed by atoms with Crippen LogP contribution in [0.5, 0.6) is 0 Å². The van der Waals surface area contributed by atoms with Gasteiger partial charge in [0.2, 0.25) is 0 Å². The molecule has 7 nitrogen and oxygen atoms in total. The van der Waals surface area contributed by atoms with Crippen LogP contribution in [0.1, 0.15) is 40.1 Å². The monoisotopic (exact) mass is 415 g/mol. The molecule has 1 aromatic carbocycles. The van der Waals surface area contributed by atoms with E-state index in [-0.39, 0.29) is 17.2 Å². The van der Waals surface area contributed by atoms with Gasteiger partial charge >= 0.3 is 0 Å². The molecule has 9 heteroatoms. The molecule has 0 bridgehead atoms. The third kappa shape index (κ3) is 4.72. The number of rotatable bonds is 6. The molecular formula is C21H23F2N5O2. The fourth-order valence-electron chi connectivity index (χ4n) is 3.47. The van der Waals surface area contributed by atoms with Gasteiger partial charge in [0.05, 0.1) is 5.56 Å². The summed E-state index contributed by atoms with van der Waals surface area (Å²) < 4.78 is 27.2. The second-order valence-electron chi connectivity index (χ2n) is 7.67. The van der Waals surface area contributed by atoms with E-state index in [0.717, 1.165) is 30.5 Å². The predicted octanol–water partition coefficient (Wildman–Crippen LogP) is 2.25. The molecule has 2 heterocycles. The smallest absolute Gasteiger partial charge is 0.271 e. The molecule has 1 aliphatic carbocycles. The van der Waals surface area contributed by atoms with E-state index in [2.05, 4.69) is 15.5 Å². The summed E-state index contributed by atoms with van der Waals surface area (Å²) in [5.41, 5.74) is 0.00485. The minimum atomic E-state index is -0.735. The molecule has 0 unspecified atom stereocenters. The summed E-state index contributed by atoms with van der Waals surface area (Å²) in [5.74, 6) is -0.792. The van der Waals surface area contributed by atoms with Crippen molar-refractivity contribution in [2.75, 3.05) is 37.6 Å². The Kier molecular flexibility index (Phi) is 5.87. The lowest BCUT2D eigenvalue weighted by atomic mass is 10.1. The highest BCUT2D eigenvalue weighted by molar-refractivity contribution is 5.94. The first-order valence-electron chi connectivity index (χ1n) is 10.1. The van der Waals surface area contributed by atoms with Crippen LogP contribution in [0.4, 0.5) is 14.6 Å². The first-order valence-corrected chi connectivity index (χ1v) is 10.1. The molecule has 2 amide bonds. The molecule has 1 aliphatic heterocycles. The lowest BCUT2D eigenvalue weighted by Gasteiger charge is -2.35. The molecule has 2 fully saturated rings. The maximum atomic E-state index is 13.9. The van der Waals surface area contributed by atoms with E-state index in [1.807, 2.05) is 4.90 Å². The third-order valence-electron chi connectivity index (χ3n) is 5.47. The molecule has 4 rings (SSSR count). The fraction of sp³-hybridized carbons (Fsp3) is 0.429. The van der Waals surface area contributed by atoms with E-state index in [4.69, 9.17) is 0 Å². The van der Waals surface area contributed by atoms with Gasteiger partial charge < -0.3 is 15.1 Å². The Labute approximate surface area is 173 Å². The molecule has 0 atom stereocenters. The number of anilines is 1. The van der Waals surface area contributed by atoms with Crippen LogP contribution in [0.15, 0.2) is 30.3 Å². The number of benzene rings is 1. The van der Waals surface area contributed by atoms with Crippen molar-refractivity contribution in [1.82, 2.24) is 20.4 Å². The van der Waals surface area contributed by atoms with Gasteiger partial charge in [-0.25, -0.2) is 8.78 Å². The number of amides is 2. The Morgan fingerprint density at radius 3 is 2.47 bits per heavy atom. The molecule has 158 valence electrons. The molecular weight excluding hydrogens is 392 g/mol. The van der Waals surface area contributed by atoms with Crippen LogP contribution in [-0.2, 0) is 0 Å². The summed E-state index contributed by atoms with van der Waals surface area (Å²) in [6.45, 7) is 2.29. The Balaban J connectivity index is 1.30. The highest BCUT2D eigenvalue weighted by Gasteiger charge is 2.25. The number of halogens is 2. The highest BCUT2D eigenvalue weighted by Crippen LogP contribution is 2.31. The first-order chi connectivity index (χ1) is 14.5. The van der Waals surface area contributed by atoms with Crippen LogP contribution in [0.2, 0.25) is 0 Å². The van der Waals surface area contributed by atoms with Crippen LogP contribution in [-0.4, -0.2) is 59.6 Å². The van der Waals surface area contributed by atoms with E-state index < -0.39 is 17.5 Å². The second kappa shape index (κ2) is 8.73. The van der Waals surface area contributed by atoms with Crippen LogP contribution in [0, 0.1) is 17.6 Å². The number of hydrogen-bond acceptors (Lipinski definition) is 5. The Morgan fingerprint density at radius 2 is 1.80 bits per heavy atom. The number of nitrogens with one attached hydrogen (secondary N) is 1. The lowest BCUT2D eigenvalue weighted by molar-refractivity contribution is 0.0740. The molecule has 2 aromatic rings. The zero-order chi connectivity index (χ0) is 21.1. The zero-order valence-corrected chi connectivity index (χ0v) is 16.5. The summed E-state index contributed by atoms with van der Waals surface area (Å²) >= 11 is 0. The average molecular weight is 415 g/mol. The van der Waals surface area contributed by atoms with Gasteiger partial charge in [-0.05, 0) is 42.7 Å². The van der Waals surface area contributed by atoms with E-state index in [0.29, 0.717) is 38.5 Å². The largest absolute Gasteiger partial charge is 0.352 e. The Bertz CT molecular complexity index is 925. The maximum absolute atomic E-state index is 13.9. The first kappa shape index (κ1) is 20.2. The SMILES string of the molecule is O=C(NCCC1CC1)c1ccc(N2CCN(C(=O)c3cc(F)ccc3F)CC2)nn1.